The van der Waals surface area contributed by atoms with Crippen LogP contribution in [-0.2, 0) is 4.74 Å². The van der Waals surface area contributed by atoms with Gasteiger partial charge in [0.2, 0.25) is 0 Å². The SMILES string of the molecule is CCCCCCCCCCCCCCCCCCCCCCCCCOC(=O)c1ccccc1O. The van der Waals surface area contributed by atoms with Gasteiger partial charge in [-0.1, -0.05) is 160 Å². The molecule has 0 bridgehead atoms. The van der Waals surface area contributed by atoms with E-state index >= 15 is 0 Å². The molecule has 0 aliphatic heterocycles. The second kappa shape index (κ2) is 24.2. The maximum absolute atomic E-state index is 11.9. The van der Waals surface area contributed by atoms with Crippen molar-refractivity contribution in [2.24, 2.45) is 0 Å². The quantitative estimate of drug-likeness (QED) is 0.110. The van der Waals surface area contributed by atoms with Crippen molar-refractivity contribution in [1.82, 2.24) is 0 Å². The Labute approximate surface area is 217 Å². The van der Waals surface area contributed by atoms with Crippen molar-refractivity contribution in [3.05, 3.63) is 29.8 Å². The zero-order valence-corrected chi connectivity index (χ0v) is 23.0. The number of carbonyl (C=O) groups excluding carboxylic acids is 1. The monoisotopic (exact) mass is 488 g/mol. The molecular weight excluding hydrogens is 432 g/mol. The lowest BCUT2D eigenvalue weighted by atomic mass is 10.0. The largest absolute Gasteiger partial charge is 0.507 e. The first kappa shape index (κ1) is 31.5. The van der Waals surface area contributed by atoms with E-state index < -0.39 is 5.97 Å². The van der Waals surface area contributed by atoms with Crippen LogP contribution in [-0.4, -0.2) is 17.7 Å². The van der Waals surface area contributed by atoms with Crippen LogP contribution in [0.5, 0.6) is 5.75 Å². The van der Waals surface area contributed by atoms with Crippen molar-refractivity contribution < 1.29 is 14.6 Å². The summed E-state index contributed by atoms with van der Waals surface area (Å²) in [6.45, 7) is 2.73. The maximum atomic E-state index is 11.9. The van der Waals surface area contributed by atoms with Crippen molar-refractivity contribution >= 4 is 5.97 Å². The molecule has 0 aliphatic carbocycles. The van der Waals surface area contributed by atoms with Crippen LogP contribution in [0.3, 0.4) is 0 Å². The Balaban J connectivity index is 1.71. The summed E-state index contributed by atoms with van der Waals surface area (Å²) in [5.41, 5.74) is 0.251. The number of ether oxygens (including phenoxy) is 1. The molecule has 0 amide bonds. The van der Waals surface area contributed by atoms with Gasteiger partial charge in [0, 0.05) is 0 Å². The summed E-state index contributed by atoms with van der Waals surface area (Å²) in [5, 5.41) is 9.67. The van der Waals surface area contributed by atoms with Crippen LogP contribution in [0.1, 0.15) is 165 Å². The van der Waals surface area contributed by atoms with Crippen LogP contribution in [0.4, 0.5) is 0 Å². The van der Waals surface area contributed by atoms with Gasteiger partial charge in [-0.25, -0.2) is 4.79 Å². The molecule has 202 valence electrons. The normalized spacial score (nSPS) is 11.1. The summed E-state index contributed by atoms with van der Waals surface area (Å²) >= 11 is 0. The highest BCUT2D eigenvalue weighted by Gasteiger charge is 2.10. The van der Waals surface area contributed by atoms with E-state index in [9.17, 15) is 9.90 Å². The van der Waals surface area contributed by atoms with Crippen LogP contribution in [0, 0.1) is 0 Å². The van der Waals surface area contributed by atoms with E-state index in [0.717, 1.165) is 12.8 Å². The summed E-state index contributed by atoms with van der Waals surface area (Å²) in [4.78, 5) is 11.9. The third kappa shape index (κ3) is 19.4. The number of esters is 1. The van der Waals surface area contributed by atoms with Gasteiger partial charge in [-0.05, 0) is 18.6 Å². The number of carbonyl (C=O) groups is 1. The standard InChI is InChI=1S/C32H56O3/c1-2-3-4-5-6-7-8-9-10-11-12-13-14-15-16-17-18-19-20-21-22-23-26-29-35-32(34)30-27-24-25-28-31(30)33/h24-25,27-28,33H,2-23,26,29H2,1H3. The van der Waals surface area contributed by atoms with Crippen molar-refractivity contribution in [3.63, 3.8) is 0 Å². The molecular formula is C32H56O3. The van der Waals surface area contributed by atoms with E-state index in [-0.39, 0.29) is 11.3 Å². The fourth-order valence-corrected chi connectivity index (χ4v) is 4.78. The molecule has 0 saturated heterocycles. The molecule has 0 aromatic heterocycles. The first-order valence-electron chi connectivity index (χ1n) is 15.2. The molecule has 0 radical (unpaired) electrons. The van der Waals surface area contributed by atoms with E-state index in [4.69, 9.17) is 4.74 Å². The Kier molecular flexibility index (Phi) is 21.8. The minimum absolute atomic E-state index is 0.0122. The van der Waals surface area contributed by atoms with E-state index in [1.54, 1.807) is 18.2 Å². The number of unbranched alkanes of at least 4 members (excludes halogenated alkanes) is 22. The van der Waals surface area contributed by atoms with E-state index in [1.807, 2.05) is 0 Å². The number of hydrogen-bond donors (Lipinski definition) is 1. The number of hydrogen-bond acceptors (Lipinski definition) is 3. The second-order valence-electron chi connectivity index (χ2n) is 10.4. The zero-order chi connectivity index (χ0) is 25.2. The molecule has 0 saturated carbocycles. The second-order valence-corrected chi connectivity index (χ2v) is 10.4. The minimum atomic E-state index is -0.429. The Morgan fingerprint density at radius 3 is 1.29 bits per heavy atom. The topological polar surface area (TPSA) is 46.5 Å². The van der Waals surface area contributed by atoms with Crippen LogP contribution < -0.4 is 0 Å². The van der Waals surface area contributed by atoms with Gasteiger partial charge in [0.05, 0.1) is 6.61 Å². The predicted molar refractivity (Wildman–Crippen MR) is 150 cm³/mol. The van der Waals surface area contributed by atoms with Gasteiger partial charge < -0.3 is 9.84 Å². The van der Waals surface area contributed by atoms with Crippen molar-refractivity contribution in [1.29, 1.82) is 0 Å². The van der Waals surface area contributed by atoms with Gasteiger partial charge in [-0.2, -0.15) is 0 Å². The highest BCUT2D eigenvalue weighted by atomic mass is 16.5. The van der Waals surface area contributed by atoms with E-state index in [1.165, 1.54) is 141 Å². The van der Waals surface area contributed by atoms with Gasteiger partial charge in [-0.3, -0.25) is 0 Å². The molecule has 1 rings (SSSR count). The maximum Gasteiger partial charge on any atom is 0.341 e. The predicted octanol–water partition coefficient (Wildman–Crippen LogP) is 10.5. The molecule has 0 spiro atoms. The molecule has 0 unspecified atom stereocenters. The summed E-state index contributed by atoms with van der Waals surface area (Å²) in [6.07, 6.45) is 31.6. The first-order valence-corrected chi connectivity index (χ1v) is 15.2. The highest BCUT2D eigenvalue weighted by Crippen LogP contribution is 2.17. The fraction of sp³-hybridized carbons (Fsp3) is 0.781. The minimum Gasteiger partial charge on any atom is -0.507 e. The van der Waals surface area contributed by atoms with Crippen LogP contribution in [0.2, 0.25) is 0 Å². The van der Waals surface area contributed by atoms with Crippen molar-refractivity contribution in [3.8, 4) is 5.75 Å². The van der Waals surface area contributed by atoms with Crippen molar-refractivity contribution in [2.75, 3.05) is 6.61 Å². The number of para-hydroxylation sites is 1. The lowest BCUT2D eigenvalue weighted by Gasteiger charge is -2.06. The number of phenols is 1. The fourth-order valence-electron chi connectivity index (χ4n) is 4.78. The highest BCUT2D eigenvalue weighted by molar-refractivity contribution is 5.92. The molecule has 0 atom stereocenters. The lowest BCUT2D eigenvalue weighted by Crippen LogP contribution is -2.06. The Morgan fingerprint density at radius 2 is 0.914 bits per heavy atom. The lowest BCUT2D eigenvalue weighted by molar-refractivity contribution is 0.0494. The molecule has 3 nitrogen and oxygen atoms in total. The van der Waals surface area contributed by atoms with Gasteiger partial charge in [-0.15, -0.1) is 0 Å². The molecule has 1 N–H and O–H groups in total. The molecule has 0 aliphatic rings. The Hall–Kier alpha value is -1.51. The van der Waals surface area contributed by atoms with Gasteiger partial charge >= 0.3 is 5.97 Å². The van der Waals surface area contributed by atoms with Gasteiger partial charge in [0.15, 0.2) is 0 Å². The summed E-state index contributed by atoms with van der Waals surface area (Å²) in [7, 11) is 0. The molecule has 1 aromatic carbocycles. The average Bonchev–Trinajstić information content (AvgIpc) is 2.86. The number of benzene rings is 1. The molecule has 35 heavy (non-hydrogen) atoms. The zero-order valence-electron chi connectivity index (χ0n) is 23.0. The Bertz CT molecular complexity index is 598. The van der Waals surface area contributed by atoms with Crippen molar-refractivity contribution in [2.45, 2.75) is 155 Å². The summed E-state index contributed by atoms with van der Waals surface area (Å²) < 4.78 is 5.26. The van der Waals surface area contributed by atoms with Crippen LogP contribution in [0.25, 0.3) is 0 Å². The number of rotatable bonds is 25. The van der Waals surface area contributed by atoms with Gasteiger partial charge in [0.1, 0.15) is 11.3 Å². The molecule has 1 aromatic rings. The Morgan fingerprint density at radius 1 is 0.571 bits per heavy atom. The third-order valence-corrected chi connectivity index (χ3v) is 7.11. The van der Waals surface area contributed by atoms with Gasteiger partial charge in [0.25, 0.3) is 0 Å². The summed E-state index contributed by atoms with van der Waals surface area (Å²) in [6, 6.07) is 6.54. The van der Waals surface area contributed by atoms with Crippen LogP contribution >= 0.6 is 0 Å². The van der Waals surface area contributed by atoms with E-state index in [0.29, 0.717) is 6.61 Å². The molecule has 0 fully saturated rings. The number of phenolic OH excluding ortho intramolecular Hbond substituents is 1. The molecule has 3 heteroatoms. The van der Waals surface area contributed by atoms with E-state index in [2.05, 4.69) is 6.92 Å². The van der Waals surface area contributed by atoms with Crippen LogP contribution in [0.15, 0.2) is 24.3 Å². The number of aromatic hydroxyl groups is 1. The first-order chi connectivity index (χ1) is 17.3. The summed E-state index contributed by atoms with van der Waals surface area (Å²) in [5.74, 6) is -0.441. The third-order valence-electron chi connectivity index (χ3n) is 7.11. The smallest absolute Gasteiger partial charge is 0.341 e. The average molecular weight is 489 g/mol. The molecule has 0 heterocycles.